The predicted octanol–water partition coefficient (Wildman–Crippen LogP) is 1.97. The summed E-state index contributed by atoms with van der Waals surface area (Å²) in [6.45, 7) is 1.37. The Bertz CT molecular complexity index is 517. The third-order valence-corrected chi connectivity index (χ3v) is 2.94. The molecule has 1 aromatic heterocycles. The van der Waals surface area contributed by atoms with Crippen LogP contribution in [-0.4, -0.2) is 24.5 Å². The summed E-state index contributed by atoms with van der Waals surface area (Å²) in [5.41, 5.74) is 6.39. The molecule has 17 heavy (non-hydrogen) atoms. The highest BCUT2D eigenvalue weighted by molar-refractivity contribution is 5.92. The minimum absolute atomic E-state index is 0.186. The summed E-state index contributed by atoms with van der Waals surface area (Å²) in [4.78, 5) is 0. The number of hydrogen-bond acceptors (Lipinski definition) is 5. The van der Waals surface area contributed by atoms with Gasteiger partial charge in [0.15, 0.2) is 11.4 Å². The lowest BCUT2D eigenvalue weighted by Crippen LogP contribution is -2.16. The van der Waals surface area contributed by atoms with Gasteiger partial charge in [0, 0.05) is 6.61 Å². The van der Waals surface area contributed by atoms with Gasteiger partial charge >= 0.3 is 0 Å². The molecular weight excluding hydrogens is 220 g/mol. The molecule has 0 radical (unpaired) electrons. The molecule has 3 rings (SSSR count). The number of fused-ring (bicyclic) bond motifs is 1. The molecule has 0 unspecified atom stereocenters. The maximum Gasteiger partial charge on any atom is 0.178 e. The molecule has 1 atom stereocenters. The third-order valence-electron chi connectivity index (χ3n) is 2.94. The van der Waals surface area contributed by atoms with E-state index in [9.17, 15) is 0 Å². The lowest BCUT2D eigenvalue weighted by Gasteiger charge is -2.11. The SMILES string of the molecule is Nc1noc2cccc(OC[C@@H]3CCCO3)c12. The summed E-state index contributed by atoms with van der Waals surface area (Å²) in [6.07, 6.45) is 2.34. The Kier molecular flexibility index (Phi) is 2.60. The highest BCUT2D eigenvalue weighted by Crippen LogP contribution is 2.30. The number of nitrogen functional groups attached to an aromatic ring is 1. The van der Waals surface area contributed by atoms with E-state index < -0.39 is 0 Å². The first-order valence-corrected chi connectivity index (χ1v) is 5.73. The van der Waals surface area contributed by atoms with E-state index in [0.717, 1.165) is 24.8 Å². The number of nitrogens with two attached hydrogens (primary N) is 1. The van der Waals surface area contributed by atoms with Crippen molar-refractivity contribution in [1.29, 1.82) is 0 Å². The molecule has 2 heterocycles. The Hall–Kier alpha value is -1.75. The molecule has 0 amide bonds. The summed E-state index contributed by atoms with van der Waals surface area (Å²) >= 11 is 0. The van der Waals surface area contributed by atoms with Gasteiger partial charge in [-0.1, -0.05) is 11.2 Å². The highest BCUT2D eigenvalue weighted by Gasteiger charge is 2.17. The van der Waals surface area contributed by atoms with Crippen molar-refractivity contribution in [2.24, 2.45) is 0 Å². The van der Waals surface area contributed by atoms with E-state index in [1.165, 1.54) is 0 Å². The van der Waals surface area contributed by atoms with Crippen molar-refractivity contribution < 1.29 is 14.0 Å². The number of aromatic nitrogens is 1. The average Bonchev–Trinajstić information content (AvgIpc) is 2.97. The summed E-state index contributed by atoms with van der Waals surface area (Å²) < 4.78 is 16.3. The zero-order valence-electron chi connectivity index (χ0n) is 9.39. The van der Waals surface area contributed by atoms with Gasteiger partial charge in [-0.3, -0.25) is 0 Å². The van der Waals surface area contributed by atoms with Crippen LogP contribution in [0.4, 0.5) is 5.82 Å². The summed E-state index contributed by atoms with van der Waals surface area (Å²) in [6, 6.07) is 5.54. The zero-order chi connectivity index (χ0) is 11.7. The molecule has 5 heteroatoms. The van der Waals surface area contributed by atoms with E-state index in [1.807, 2.05) is 18.2 Å². The van der Waals surface area contributed by atoms with Gasteiger partial charge in [-0.2, -0.15) is 0 Å². The number of nitrogens with zero attached hydrogens (tertiary/aromatic N) is 1. The van der Waals surface area contributed by atoms with E-state index in [1.54, 1.807) is 0 Å². The van der Waals surface area contributed by atoms with Crippen LogP contribution in [0, 0.1) is 0 Å². The monoisotopic (exact) mass is 234 g/mol. The number of hydrogen-bond donors (Lipinski definition) is 1. The molecule has 2 aromatic rings. The molecule has 0 aliphatic carbocycles. The Morgan fingerprint density at radius 2 is 2.41 bits per heavy atom. The molecule has 1 aliphatic heterocycles. The second-order valence-electron chi connectivity index (χ2n) is 4.14. The molecule has 0 bridgehead atoms. The van der Waals surface area contributed by atoms with Crippen LogP contribution in [0.5, 0.6) is 5.75 Å². The van der Waals surface area contributed by atoms with Crippen LogP contribution in [0.15, 0.2) is 22.7 Å². The molecule has 0 saturated carbocycles. The molecule has 1 fully saturated rings. The Balaban J connectivity index is 1.81. The van der Waals surface area contributed by atoms with Gasteiger partial charge in [-0.25, -0.2) is 0 Å². The molecule has 1 saturated heterocycles. The number of ether oxygens (including phenoxy) is 2. The Morgan fingerprint density at radius 3 is 3.24 bits per heavy atom. The smallest absolute Gasteiger partial charge is 0.178 e. The summed E-state index contributed by atoms with van der Waals surface area (Å²) in [5.74, 6) is 1.07. The summed E-state index contributed by atoms with van der Waals surface area (Å²) in [7, 11) is 0. The van der Waals surface area contributed by atoms with E-state index >= 15 is 0 Å². The van der Waals surface area contributed by atoms with Crippen LogP contribution in [0.25, 0.3) is 11.0 Å². The van der Waals surface area contributed by atoms with Crippen molar-refractivity contribution in [3.05, 3.63) is 18.2 Å². The van der Waals surface area contributed by atoms with Gasteiger partial charge in [-0.15, -0.1) is 0 Å². The van der Waals surface area contributed by atoms with Crippen LogP contribution in [0.3, 0.4) is 0 Å². The topological polar surface area (TPSA) is 70.5 Å². The number of benzene rings is 1. The number of rotatable bonds is 3. The standard InChI is InChI=1S/C12H14N2O3/c13-12-11-9(4-1-5-10(11)17-14-12)16-7-8-3-2-6-15-8/h1,4-5,8H,2-3,6-7H2,(H2,13,14)/t8-/m0/s1. The van der Waals surface area contributed by atoms with Crippen molar-refractivity contribution in [3.8, 4) is 5.75 Å². The third kappa shape index (κ3) is 1.93. The van der Waals surface area contributed by atoms with Crippen molar-refractivity contribution in [1.82, 2.24) is 5.16 Å². The second kappa shape index (κ2) is 4.25. The van der Waals surface area contributed by atoms with Gasteiger partial charge in [0.1, 0.15) is 17.7 Å². The van der Waals surface area contributed by atoms with Gasteiger partial charge in [0.25, 0.3) is 0 Å². The van der Waals surface area contributed by atoms with Gasteiger partial charge in [0.05, 0.1) is 6.10 Å². The molecular formula is C12H14N2O3. The molecule has 90 valence electrons. The van der Waals surface area contributed by atoms with Crippen LogP contribution >= 0.6 is 0 Å². The fourth-order valence-electron chi connectivity index (χ4n) is 2.06. The molecule has 1 aliphatic rings. The minimum atomic E-state index is 0.186. The lowest BCUT2D eigenvalue weighted by atomic mass is 10.2. The van der Waals surface area contributed by atoms with Crippen molar-refractivity contribution in [2.75, 3.05) is 18.9 Å². The van der Waals surface area contributed by atoms with E-state index in [4.69, 9.17) is 19.7 Å². The van der Waals surface area contributed by atoms with Crippen molar-refractivity contribution >= 4 is 16.8 Å². The maximum absolute atomic E-state index is 5.74. The van der Waals surface area contributed by atoms with E-state index in [2.05, 4.69) is 5.16 Å². The van der Waals surface area contributed by atoms with Crippen molar-refractivity contribution in [3.63, 3.8) is 0 Å². The minimum Gasteiger partial charge on any atom is -0.490 e. The fourth-order valence-corrected chi connectivity index (χ4v) is 2.06. The number of anilines is 1. The zero-order valence-corrected chi connectivity index (χ0v) is 9.39. The lowest BCUT2D eigenvalue weighted by molar-refractivity contribution is 0.0685. The Labute approximate surface area is 98.5 Å². The van der Waals surface area contributed by atoms with Crippen LogP contribution < -0.4 is 10.5 Å². The molecule has 5 nitrogen and oxygen atoms in total. The van der Waals surface area contributed by atoms with Gasteiger partial charge < -0.3 is 19.7 Å². The van der Waals surface area contributed by atoms with Crippen LogP contribution in [0.2, 0.25) is 0 Å². The molecule has 2 N–H and O–H groups in total. The first-order chi connectivity index (χ1) is 8.34. The largest absolute Gasteiger partial charge is 0.490 e. The van der Waals surface area contributed by atoms with Crippen LogP contribution in [-0.2, 0) is 4.74 Å². The van der Waals surface area contributed by atoms with Crippen molar-refractivity contribution in [2.45, 2.75) is 18.9 Å². The quantitative estimate of drug-likeness (QED) is 0.879. The first kappa shape index (κ1) is 10.4. The van der Waals surface area contributed by atoms with Crippen LogP contribution in [0.1, 0.15) is 12.8 Å². The second-order valence-corrected chi connectivity index (χ2v) is 4.14. The normalized spacial score (nSPS) is 19.9. The molecule has 0 spiro atoms. The molecule has 1 aromatic carbocycles. The maximum atomic E-state index is 5.74. The Morgan fingerprint density at radius 1 is 1.47 bits per heavy atom. The first-order valence-electron chi connectivity index (χ1n) is 5.73. The van der Waals surface area contributed by atoms with Gasteiger partial charge in [-0.05, 0) is 25.0 Å². The summed E-state index contributed by atoms with van der Waals surface area (Å²) in [5, 5.41) is 4.47. The van der Waals surface area contributed by atoms with E-state index in [0.29, 0.717) is 23.8 Å². The fraction of sp³-hybridized carbons (Fsp3) is 0.417. The predicted molar refractivity (Wildman–Crippen MR) is 62.9 cm³/mol. The van der Waals surface area contributed by atoms with E-state index in [-0.39, 0.29) is 6.10 Å². The van der Waals surface area contributed by atoms with Gasteiger partial charge in [0.2, 0.25) is 0 Å². The highest BCUT2D eigenvalue weighted by atomic mass is 16.5. The average molecular weight is 234 g/mol.